The van der Waals surface area contributed by atoms with Gasteiger partial charge in [-0.15, -0.1) is 21.5 Å². The fraction of sp³-hybridized carbons (Fsp3) is 0.105. The number of rotatable bonds is 6. The predicted molar refractivity (Wildman–Crippen MR) is 105 cm³/mol. The summed E-state index contributed by atoms with van der Waals surface area (Å²) >= 11 is 3.05. The number of hydrogen-bond donors (Lipinski definition) is 1. The maximum Gasteiger partial charge on any atom is 0.203 e. The number of aryl methyl sites for hydroxylation is 1. The largest absolute Gasteiger partial charge is 0.467 e. The number of aliphatic hydroxyl groups excluding tert-OH is 1. The summed E-state index contributed by atoms with van der Waals surface area (Å²) in [5.74, 6) is 1.19. The van der Waals surface area contributed by atoms with Crippen LogP contribution < -0.4 is 4.74 Å². The molecule has 136 valence electrons. The Kier molecular flexibility index (Phi) is 5.19. The number of aromatic nitrogens is 4. The van der Waals surface area contributed by atoms with Gasteiger partial charge in [0.15, 0.2) is 17.0 Å². The quantitative estimate of drug-likeness (QED) is 0.493. The summed E-state index contributed by atoms with van der Waals surface area (Å²) in [6.45, 7) is 1.56. The highest BCUT2D eigenvalue weighted by atomic mass is 32.2. The van der Waals surface area contributed by atoms with Crippen LogP contribution in [0, 0.1) is 6.92 Å². The molecule has 0 saturated heterocycles. The van der Waals surface area contributed by atoms with Crippen molar-refractivity contribution in [2.45, 2.75) is 16.4 Å². The molecule has 27 heavy (non-hydrogen) atoms. The molecule has 2 heterocycles. The molecule has 0 atom stereocenters. The first-order chi connectivity index (χ1) is 13.3. The average molecular weight is 396 g/mol. The molecule has 0 aliphatic carbocycles. The highest BCUT2D eigenvalue weighted by Crippen LogP contribution is 2.36. The Bertz CT molecular complexity index is 1050. The molecule has 0 amide bonds. The first-order valence-corrected chi connectivity index (χ1v) is 9.90. The lowest BCUT2D eigenvalue weighted by Crippen LogP contribution is -2.02. The van der Waals surface area contributed by atoms with Crippen molar-refractivity contribution in [2.75, 3.05) is 6.79 Å². The fourth-order valence-electron chi connectivity index (χ4n) is 2.62. The minimum Gasteiger partial charge on any atom is -0.467 e. The Morgan fingerprint density at radius 3 is 2.59 bits per heavy atom. The second-order valence-electron chi connectivity index (χ2n) is 5.60. The second-order valence-corrected chi connectivity index (χ2v) is 7.68. The average Bonchev–Trinajstić information content (AvgIpc) is 3.29. The number of aliphatic hydroxyl groups is 1. The number of benzene rings is 2. The Labute approximate surface area is 164 Å². The zero-order chi connectivity index (χ0) is 18.6. The van der Waals surface area contributed by atoms with Gasteiger partial charge in [0.25, 0.3) is 0 Å². The van der Waals surface area contributed by atoms with Crippen LogP contribution in [0.15, 0.2) is 69.5 Å². The monoisotopic (exact) mass is 396 g/mol. The third-order valence-corrected chi connectivity index (χ3v) is 5.78. The lowest BCUT2D eigenvalue weighted by molar-refractivity contribution is 0.0990. The Morgan fingerprint density at radius 2 is 1.85 bits per heavy atom. The van der Waals surface area contributed by atoms with Crippen LogP contribution in [0.4, 0.5) is 0 Å². The number of thiazole rings is 1. The minimum atomic E-state index is -0.406. The number of nitrogens with zero attached hydrogens (tertiary/aromatic N) is 4. The molecular weight excluding hydrogens is 380 g/mol. The second kappa shape index (κ2) is 7.91. The van der Waals surface area contributed by atoms with E-state index < -0.39 is 6.79 Å². The summed E-state index contributed by atoms with van der Waals surface area (Å²) in [6.07, 6.45) is 0. The van der Waals surface area contributed by atoms with Crippen LogP contribution in [0.3, 0.4) is 0 Å². The van der Waals surface area contributed by atoms with E-state index in [1.54, 1.807) is 17.4 Å². The minimum absolute atomic E-state index is 0.406. The number of ether oxygens (including phenoxy) is 1. The highest BCUT2D eigenvalue weighted by Gasteiger charge is 2.20. The van der Waals surface area contributed by atoms with Crippen LogP contribution in [-0.2, 0) is 0 Å². The van der Waals surface area contributed by atoms with E-state index in [9.17, 15) is 5.11 Å². The van der Waals surface area contributed by atoms with Crippen LogP contribution in [-0.4, -0.2) is 31.6 Å². The Balaban J connectivity index is 1.85. The van der Waals surface area contributed by atoms with Gasteiger partial charge >= 0.3 is 0 Å². The van der Waals surface area contributed by atoms with E-state index in [0.29, 0.717) is 16.7 Å². The predicted octanol–water partition coefficient (Wildman–Crippen LogP) is 4.18. The molecule has 0 aliphatic heterocycles. The fourth-order valence-corrected chi connectivity index (χ4v) is 4.42. The van der Waals surface area contributed by atoms with Crippen LogP contribution in [0.5, 0.6) is 5.75 Å². The molecule has 0 aliphatic rings. The maximum absolute atomic E-state index is 9.20. The van der Waals surface area contributed by atoms with Gasteiger partial charge in [0.1, 0.15) is 5.75 Å². The molecule has 1 N–H and O–H groups in total. The topological polar surface area (TPSA) is 73.1 Å². The first kappa shape index (κ1) is 17.7. The molecular formula is C19H16N4O2S2. The molecule has 2 aromatic carbocycles. The van der Waals surface area contributed by atoms with E-state index in [0.717, 1.165) is 21.3 Å². The van der Waals surface area contributed by atoms with Gasteiger partial charge in [0, 0.05) is 16.8 Å². The van der Waals surface area contributed by atoms with Crippen LogP contribution >= 0.6 is 23.1 Å². The van der Waals surface area contributed by atoms with Gasteiger partial charge in [0.05, 0.1) is 5.56 Å². The van der Waals surface area contributed by atoms with Crippen molar-refractivity contribution in [1.82, 2.24) is 19.7 Å². The normalized spacial score (nSPS) is 10.9. The van der Waals surface area contributed by atoms with Gasteiger partial charge in [0.2, 0.25) is 5.16 Å². The van der Waals surface area contributed by atoms with Gasteiger partial charge in [-0.25, -0.2) is 4.98 Å². The zero-order valence-corrected chi connectivity index (χ0v) is 16.1. The van der Waals surface area contributed by atoms with Gasteiger partial charge in [-0.1, -0.05) is 30.3 Å². The molecule has 0 saturated carbocycles. The van der Waals surface area contributed by atoms with Crippen molar-refractivity contribution in [3.63, 3.8) is 0 Å². The molecule has 8 heteroatoms. The van der Waals surface area contributed by atoms with Gasteiger partial charge in [-0.2, -0.15) is 0 Å². The van der Waals surface area contributed by atoms with Crippen molar-refractivity contribution in [1.29, 1.82) is 0 Å². The van der Waals surface area contributed by atoms with E-state index in [-0.39, 0.29) is 0 Å². The smallest absolute Gasteiger partial charge is 0.203 e. The number of hydrogen-bond acceptors (Lipinski definition) is 7. The molecule has 0 bridgehead atoms. The van der Waals surface area contributed by atoms with E-state index >= 15 is 0 Å². The van der Waals surface area contributed by atoms with Crippen LogP contribution in [0.2, 0.25) is 0 Å². The van der Waals surface area contributed by atoms with Gasteiger partial charge < -0.3 is 9.84 Å². The summed E-state index contributed by atoms with van der Waals surface area (Å²) in [4.78, 5) is 4.51. The van der Waals surface area contributed by atoms with Crippen LogP contribution in [0.25, 0.3) is 17.1 Å². The third-order valence-electron chi connectivity index (χ3n) is 3.77. The molecule has 2 aromatic heterocycles. The van der Waals surface area contributed by atoms with Crippen molar-refractivity contribution >= 4 is 23.1 Å². The van der Waals surface area contributed by atoms with Crippen molar-refractivity contribution < 1.29 is 9.84 Å². The molecule has 0 unspecified atom stereocenters. The molecule has 6 nitrogen and oxygen atoms in total. The zero-order valence-electron chi connectivity index (χ0n) is 14.4. The maximum atomic E-state index is 9.20. The van der Waals surface area contributed by atoms with Crippen molar-refractivity contribution in [3.8, 4) is 22.8 Å². The summed E-state index contributed by atoms with van der Waals surface area (Å²) in [5, 5.41) is 20.7. The molecule has 4 rings (SSSR count). The van der Waals surface area contributed by atoms with Crippen molar-refractivity contribution in [3.05, 3.63) is 65.7 Å². The molecule has 4 aromatic rings. The molecule has 0 radical (unpaired) electrons. The third kappa shape index (κ3) is 3.73. The van der Waals surface area contributed by atoms with Crippen LogP contribution in [0.1, 0.15) is 5.69 Å². The van der Waals surface area contributed by atoms with E-state index in [2.05, 4.69) is 15.2 Å². The first-order valence-electron chi connectivity index (χ1n) is 8.20. The number of para-hydroxylation sites is 2. The Morgan fingerprint density at radius 1 is 1.07 bits per heavy atom. The lowest BCUT2D eigenvalue weighted by Gasteiger charge is -2.12. The standard InChI is InChI=1S/C19H16N4O2S2/c1-13-11-26-19(20-13)27-18-22-21-17(23(18)14-7-3-2-4-8-14)15-9-5-6-10-16(15)25-12-24/h2-11,24H,12H2,1H3. The van der Waals surface area contributed by atoms with Gasteiger partial charge in [-0.05, 0) is 43.0 Å². The SMILES string of the molecule is Cc1csc(Sc2nnc(-c3ccccc3OCO)n2-c2ccccc2)n1. The van der Waals surface area contributed by atoms with Gasteiger partial charge in [-0.3, -0.25) is 4.57 Å². The summed E-state index contributed by atoms with van der Waals surface area (Å²) in [6, 6.07) is 17.4. The van der Waals surface area contributed by atoms with E-state index in [1.165, 1.54) is 11.8 Å². The Hall–Kier alpha value is -2.68. The molecule has 0 fully saturated rings. The summed E-state index contributed by atoms with van der Waals surface area (Å²) in [7, 11) is 0. The lowest BCUT2D eigenvalue weighted by atomic mass is 10.2. The highest BCUT2D eigenvalue weighted by molar-refractivity contribution is 8.00. The van der Waals surface area contributed by atoms with E-state index in [4.69, 9.17) is 4.74 Å². The summed E-state index contributed by atoms with van der Waals surface area (Å²) < 4.78 is 8.25. The van der Waals surface area contributed by atoms with Crippen molar-refractivity contribution in [2.24, 2.45) is 0 Å². The summed E-state index contributed by atoms with van der Waals surface area (Å²) in [5.41, 5.74) is 2.67. The molecule has 0 spiro atoms. The van der Waals surface area contributed by atoms with E-state index in [1.807, 2.05) is 65.4 Å².